The van der Waals surface area contributed by atoms with Gasteiger partial charge >= 0.3 is 5.97 Å². The molecule has 2 atom stereocenters. The van der Waals surface area contributed by atoms with Crippen LogP contribution in [-0.2, 0) is 27.1 Å². The maximum absolute atomic E-state index is 12.3. The van der Waals surface area contributed by atoms with E-state index in [0.717, 1.165) is 15.4 Å². The van der Waals surface area contributed by atoms with E-state index in [2.05, 4.69) is 0 Å². The molecule has 0 aliphatic heterocycles. The zero-order chi connectivity index (χ0) is 21.8. The fourth-order valence-corrected chi connectivity index (χ4v) is 5.38. The number of fused-ring (bicyclic) bond motifs is 1. The quantitative estimate of drug-likeness (QED) is 0.451. The van der Waals surface area contributed by atoms with Crippen molar-refractivity contribution in [1.82, 2.24) is 0 Å². The highest BCUT2D eigenvalue weighted by molar-refractivity contribution is 7.92. The molecule has 1 aliphatic rings. The molecule has 0 amide bonds. The molecule has 0 heterocycles. The fourth-order valence-electron chi connectivity index (χ4n) is 3.77. The molecule has 0 unspecified atom stereocenters. The predicted octanol–water partition coefficient (Wildman–Crippen LogP) is 3.99. The Kier molecular flexibility index (Phi) is 6.32. The van der Waals surface area contributed by atoms with E-state index in [4.69, 9.17) is 8.92 Å². The standard InChI is InChI=1S/C25H25O5S/c1-2-29-24(27)25(28)17-16-20-21(23(25)26)14-9-15-22(20)30-31(18-10-5-3-6-11-18)19-12-7-4-8-13-19/h3-15,23,26,28H,2,16-17H2,1H3/q+1/t23-,25+/m0/s1. The van der Waals surface area contributed by atoms with Gasteiger partial charge in [0.2, 0.25) is 9.79 Å². The van der Waals surface area contributed by atoms with Gasteiger partial charge in [-0.2, -0.15) is 0 Å². The van der Waals surface area contributed by atoms with Crippen LogP contribution in [0.3, 0.4) is 0 Å². The summed E-state index contributed by atoms with van der Waals surface area (Å²) in [6.07, 6.45) is -0.933. The van der Waals surface area contributed by atoms with Crippen LogP contribution in [0.1, 0.15) is 30.6 Å². The number of aliphatic hydroxyl groups excluding tert-OH is 1. The summed E-state index contributed by atoms with van der Waals surface area (Å²) >= 11 is -0.678. The monoisotopic (exact) mass is 437 g/mol. The number of aliphatic hydroxyl groups is 2. The zero-order valence-corrected chi connectivity index (χ0v) is 18.0. The molecular formula is C25H25O5S+. The molecule has 0 bridgehead atoms. The number of hydrogen-bond donors (Lipinski definition) is 2. The third-order valence-corrected chi connectivity index (χ3v) is 7.14. The van der Waals surface area contributed by atoms with E-state index in [1.165, 1.54) is 0 Å². The smallest absolute Gasteiger partial charge is 0.341 e. The summed E-state index contributed by atoms with van der Waals surface area (Å²) in [5, 5.41) is 21.7. The first-order chi connectivity index (χ1) is 15.0. The molecule has 31 heavy (non-hydrogen) atoms. The fraction of sp³-hybridized carbons (Fsp3) is 0.240. The van der Waals surface area contributed by atoms with E-state index in [1.807, 2.05) is 66.7 Å². The molecule has 1 aliphatic carbocycles. The third kappa shape index (κ3) is 4.19. The van der Waals surface area contributed by atoms with Gasteiger partial charge in [-0.05, 0) is 55.7 Å². The van der Waals surface area contributed by atoms with Crippen molar-refractivity contribution < 1.29 is 23.9 Å². The van der Waals surface area contributed by atoms with Crippen molar-refractivity contribution in [3.8, 4) is 5.75 Å². The predicted molar refractivity (Wildman–Crippen MR) is 119 cm³/mol. The Labute approximate surface area is 184 Å². The summed E-state index contributed by atoms with van der Waals surface area (Å²) in [6.45, 7) is 1.81. The number of esters is 1. The molecule has 160 valence electrons. The van der Waals surface area contributed by atoms with Crippen molar-refractivity contribution >= 4 is 17.1 Å². The van der Waals surface area contributed by atoms with Crippen LogP contribution in [0.15, 0.2) is 88.7 Å². The molecule has 0 aromatic heterocycles. The third-order valence-electron chi connectivity index (χ3n) is 5.39. The number of benzene rings is 3. The van der Waals surface area contributed by atoms with Crippen molar-refractivity contribution in [2.24, 2.45) is 0 Å². The van der Waals surface area contributed by atoms with Crippen LogP contribution in [0.25, 0.3) is 0 Å². The molecule has 0 saturated heterocycles. The molecule has 4 rings (SSSR count). The van der Waals surface area contributed by atoms with Gasteiger partial charge in [-0.3, -0.25) is 4.18 Å². The van der Waals surface area contributed by atoms with Crippen molar-refractivity contribution in [3.05, 3.63) is 90.0 Å². The van der Waals surface area contributed by atoms with Crippen LogP contribution in [0.2, 0.25) is 0 Å². The Hall–Kier alpha value is -2.80. The summed E-state index contributed by atoms with van der Waals surface area (Å²) in [6, 6.07) is 25.3. The first kappa shape index (κ1) is 21.4. The second-order valence-corrected chi connectivity index (χ2v) is 9.00. The Bertz CT molecular complexity index is 1000. The van der Waals surface area contributed by atoms with Gasteiger partial charge in [0.25, 0.3) is 11.2 Å². The molecule has 5 nitrogen and oxygen atoms in total. The van der Waals surface area contributed by atoms with Crippen LogP contribution < -0.4 is 4.18 Å². The number of carbonyl (C=O) groups excluding carboxylic acids is 1. The van der Waals surface area contributed by atoms with Gasteiger partial charge in [0.1, 0.15) is 6.10 Å². The highest BCUT2D eigenvalue weighted by Gasteiger charge is 2.49. The molecule has 0 spiro atoms. The van der Waals surface area contributed by atoms with Crippen molar-refractivity contribution in [2.75, 3.05) is 6.61 Å². The highest BCUT2D eigenvalue weighted by Crippen LogP contribution is 2.43. The zero-order valence-electron chi connectivity index (χ0n) is 17.2. The van der Waals surface area contributed by atoms with E-state index < -0.39 is 28.9 Å². The van der Waals surface area contributed by atoms with Crippen LogP contribution in [0.4, 0.5) is 0 Å². The average molecular weight is 438 g/mol. The van der Waals surface area contributed by atoms with E-state index in [9.17, 15) is 15.0 Å². The summed E-state index contributed by atoms with van der Waals surface area (Å²) in [5.74, 6) is -0.161. The second-order valence-electron chi connectivity index (χ2n) is 7.35. The first-order valence-electron chi connectivity index (χ1n) is 10.3. The number of hydrogen-bond acceptors (Lipinski definition) is 5. The van der Waals surface area contributed by atoms with Crippen LogP contribution >= 0.6 is 0 Å². The van der Waals surface area contributed by atoms with Gasteiger partial charge in [0, 0.05) is 5.56 Å². The number of rotatable bonds is 6. The number of carbonyl (C=O) groups is 1. The van der Waals surface area contributed by atoms with Gasteiger partial charge in [-0.15, -0.1) is 0 Å². The lowest BCUT2D eigenvalue weighted by Crippen LogP contribution is -2.48. The largest absolute Gasteiger partial charge is 0.464 e. The minimum atomic E-state index is -1.96. The lowest BCUT2D eigenvalue weighted by Gasteiger charge is -2.36. The molecule has 3 aromatic rings. The average Bonchev–Trinajstić information content (AvgIpc) is 2.81. The highest BCUT2D eigenvalue weighted by atomic mass is 32.2. The Morgan fingerprint density at radius 1 is 1.00 bits per heavy atom. The molecule has 2 N–H and O–H groups in total. The lowest BCUT2D eigenvalue weighted by atomic mass is 9.77. The molecule has 3 aromatic carbocycles. The minimum absolute atomic E-state index is 0.0603. The molecule has 0 radical (unpaired) electrons. The number of ether oxygens (including phenoxy) is 1. The van der Waals surface area contributed by atoms with Gasteiger partial charge in [0.05, 0.1) is 6.61 Å². The molecule has 6 heteroatoms. The molecule has 0 fully saturated rings. The maximum atomic E-state index is 12.3. The summed E-state index contributed by atoms with van der Waals surface area (Å²) in [5.41, 5.74) is -0.667. The van der Waals surface area contributed by atoms with E-state index >= 15 is 0 Å². The van der Waals surface area contributed by atoms with Crippen LogP contribution in [0, 0.1) is 0 Å². The van der Waals surface area contributed by atoms with Crippen LogP contribution in [0.5, 0.6) is 5.75 Å². The summed E-state index contributed by atoms with van der Waals surface area (Å²) < 4.78 is 11.5. The van der Waals surface area contributed by atoms with E-state index in [1.54, 1.807) is 19.1 Å². The van der Waals surface area contributed by atoms with Gasteiger partial charge in [0.15, 0.2) is 11.4 Å². The summed E-state index contributed by atoms with van der Waals surface area (Å²) in [7, 11) is 0. The Balaban J connectivity index is 1.70. The van der Waals surface area contributed by atoms with Crippen LogP contribution in [-0.4, -0.2) is 28.4 Å². The van der Waals surface area contributed by atoms with E-state index in [-0.39, 0.29) is 13.0 Å². The van der Waals surface area contributed by atoms with E-state index in [0.29, 0.717) is 17.7 Å². The van der Waals surface area contributed by atoms with Gasteiger partial charge in [-0.25, -0.2) is 4.79 Å². The first-order valence-corrected chi connectivity index (χ1v) is 11.4. The normalized spacial score (nSPS) is 20.2. The Morgan fingerprint density at radius 3 is 2.19 bits per heavy atom. The molecular weight excluding hydrogens is 412 g/mol. The van der Waals surface area contributed by atoms with Crippen molar-refractivity contribution in [3.63, 3.8) is 0 Å². The topological polar surface area (TPSA) is 76.0 Å². The lowest BCUT2D eigenvalue weighted by molar-refractivity contribution is -0.181. The van der Waals surface area contributed by atoms with Crippen molar-refractivity contribution in [1.29, 1.82) is 0 Å². The Morgan fingerprint density at radius 2 is 1.61 bits per heavy atom. The maximum Gasteiger partial charge on any atom is 0.341 e. The molecule has 0 saturated carbocycles. The SMILES string of the molecule is CCOC(=O)[C@@]1(O)CCc2c(O[S+](c3ccccc3)c3ccccc3)cccc2[C@@H]1O. The van der Waals surface area contributed by atoms with Gasteiger partial charge in [-0.1, -0.05) is 48.5 Å². The summed E-state index contributed by atoms with van der Waals surface area (Å²) in [4.78, 5) is 14.4. The van der Waals surface area contributed by atoms with Gasteiger partial charge < -0.3 is 14.9 Å². The van der Waals surface area contributed by atoms with Crippen molar-refractivity contribution in [2.45, 2.75) is 41.3 Å². The second kappa shape index (κ2) is 9.14. The minimum Gasteiger partial charge on any atom is -0.464 e.